The predicted molar refractivity (Wildman–Crippen MR) is 187 cm³/mol. The Kier molecular flexibility index (Phi) is 6.15. The summed E-state index contributed by atoms with van der Waals surface area (Å²) in [6.45, 7) is 4.65. The van der Waals surface area contributed by atoms with Gasteiger partial charge in [-0.2, -0.15) is 0 Å². The van der Waals surface area contributed by atoms with Crippen molar-refractivity contribution in [2.75, 3.05) is 0 Å². The molecule has 0 unspecified atom stereocenters. The second-order valence-corrected chi connectivity index (χ2v) is 11.9. The minimum atomic E-state index is 0.280. The number of allylic oxidation sites excluding steroid dienone is 2. The van der Waals surface area contributed by atoms with Gasteiger partial charge in [-0.3, -0.25) is 0 Å². The highest BCUT2D eigenvalue weighted by Crippen LogP contribution is 2.25. The van der Waals surface area contributed by atoms with Crippen LogP contribution in [0.1, 0.15) is 28.7 Å². The van der Waals surface area contributed by atoms with E-state index < -0.39 is 0 Å². The number of nitrogens with zero attached hydrogens (tertiary/aromatic N) is 1. The van der Waals surface area contributed by atoms with Crippen molar-refractivity contribution in [3.8, 4) is 16.8 Å². The normalized spacial score (nSPS) is 13.4. The first-order valence-electron chi connectivity index (χ1n) is 15.2. The molecule has 0 bridgehead atoms. The van der Waals surface area contributed by atoms with Gasteiger partial charge in [0.25, 0.3) is 0 Å². The van der Waals surface area contributed by atoms with Gasteiger partial charge in [0.15, 0.2) is 0 Å². The first-order valence-corrected chi connectivity index (χ1v) is 15.2. The molecule has 1 nitrogen and oxygen atoms in total. The molecule has 0 saturated carbocycles. The summed E-state index contributed by atoms with van der Waals surface area (Å²) in [5.74, 6) is 0. The molecule has 2 heterocycles. The predicted octanol–water partition coefficient (Wildman–Crippen LogP) is 6.44. The zero-order valence-corrected chi connectivity index (χ0v) is 24.6. The van der Waals surface area contributed by atoms with Gasteiger partial charge in [-0.1, -0.05) is 149 Å². The molecular weight excluding hydrogens is 517 g/mol. The molecule has 2 aliphatic rings. The van der Waals surface area contributed by atoms with Crippen LogP contribution in [0.5, 0.6) is 0 Å². The number of benzene rings is 5. The average Bonchev–Trinajstić information content (AvgIpc) is 3.39. The Balaban J connectivity index is 1.08. The van der Waals surface area contributed by atoms with Crippen LogP contribution in [0.15, 0.2) is 121 Å². The summed E-state index contributed by atoms with van der Waals surface area (Å²) >= 11 is 0. The number of hydrogen-bond acceptors (Lipinski definition) is 0. The lowest BCUT2D eigenvalue weighted by atomic mass is 9.39. The summed E-state index contributed by atoms with van der Waals surface area (Å²) in [7, 11) is 0. The molecule has 0 atom stereocenters. The zero-order valence-electron chi connectivity index (χ0n) is 24.6. The lowest BCUT2D eigenvalue weighted by Crippen LogP contribution is -2.48. The first kappa shape index (κ1) is 25.6. The largest absolute Gasteiger partial charge is 0.309 e. The summed E-state index contributed by atoms with van der Waals surface area (Å²) in [5, 5.41) is 3.87. The van der Waals surface area contributed by atoms with Crippen molar-refractivity contribution in [2.24, 2.45) is 0 Å². The summed E-state index contributed by atoms with van der Waals surface area (Å²) < 4.78 is 2.38. The lowest BCUT2D eigenvalue weighted by Gasteiger charge is -2.11. The van der Waals surface area contributed by atoms with E-state index in [-0.39, 0.29) is 6.71 Å². The third kappa shape index (κ3) is 4.42. The Hall–Kier alpha value is -5.08. The molecule has 1 aliphatic carbocycles. The van der Waals surface area contributed by atoms with Crippen LogP contribution in [0, 0.1) is 13.8 Å². The highest BCUT2D eigenvalue weighted by molar-refractivity contribution is 6.99. The third-order valence-corrected chi connectivity index (χ3v) is 9.02. The van der Waals surface area contributed by atoms with Gasteiger partial charge in [-0.15, -0.1) is 0 Å². The Morgan fingerprint density at radius 3 is 1.98 bits per heavy atom. The van der Waals surface area contributed by atoms with Crippen molar-refractivity contribution in [3.05, 3.63) is 154 Å². The number of para-hydroxylation sites is 1. The van der Waals surface area contributed by atoms with Crippen LogP contribution in [-0.4, -0.2) is 11.3 Å². The van der Waals surface area contributed by atoms with Crippen molar-refractivity contribution in [1.29, 1.82) is 0 Å². The molecule has 6 aromatic rings. The van der Waals surface area contributed by atoms with E-state index in [9.17, 15) is 0 Å². The average molecular weight is 550 g/mol. The van der Waals surface area contributed by atoms with Crippen LogP contribution in [0.25, 0.3) is 52.0 Å². The smallest absolute Gasteiger partial charge is 0.242 e. The molecule has 0 amide bonds. The third-order valence-electron chi connectivity index (χ3n) is 9.02. The standard InChI is InChI=1S/C41H32BN/c1-28-12-24-38-36(26-28)37-27-29(2)13-25-39(37)42(38)32-20-16-30(17-21-32)14-15-31-18-22-33(23-19-31)43-40-10-5-3-4-8-34(40)35-9-6-7-11-41(35)43/h3,5-27H,4H2,1-2H3. The van der Waals surface area contributed by atoms with Gasteiger partial charge < -0.3 is 4.57 Å². The molecular formula is C41H32BN. The van der Waals surface area contributed by atoms with Crippen LogP contribution in [-0.2, 0) is 0 Å². The summed E-state index contributed by atoms with van der Waals surface area (Å²) in [6.07, 6.45) is 14.3. The van der Waals surface area contributed by atoms with Gasteiger partial charge in [0.2, 0.25) is 6.71 Å². The fraction of sp³-hybridized carbons (Fsp3) is 0.0732. The quantitative estimate of drug-likeness (QED) is 0.176. The highest BCUT2D eigenvalue weighted by atomic mass is 15.0. The van der Waals surface area contributed by atoms with Gasteiger partial charge in [0.05, 0.1) is 10.9 Å². The van der Waals surface area contributed by atoms with E-state index in [1.165, 1.54) is 76.9 Å². The fourth-order valence-electron chi connectivity index (χ4n) is 6.93. The van der Waals surface area contributed by atoms with Crippen LogP contribution < -0.4 is 27.0 Å². The van der Waals surface area contributed by atoms with Crippen LogP contribution >= 0.6 is 0 Å². The first-order chi connectivity index (χ1) is 21.1. The molecule has 0 fully saturated rings. The van der Waals surface area contributed by atoms with Gasteiger partial charge >= 0.3 is 0 Å². The lowest BCUT2D eigenvalue weighted by molar-refractivity contribution is 1.07. The van der Waals surface area contributed by atoms with Gasteiger partial charge in [-0.25, -0.2) is 0 Å². The second kappa shape index (κ2) is 10.3. The van der Waals surface area contributed by atoms with Crippen molar-refractivity contribution in [3.63, 3.8) is 0 Å². The van der Waals surface area contributed by atoms with Crippen LogP contribution in [0.3, 0.4) is 0 Å². The molecule has 0 N–H and O–H groups in total. The molecule has 8 rings (SSSR count). The van der Waals surface area contributed by atoms with Gasteiger partial charge in [0.1, 0.15) is 0 Å². The molecule has 5 aromatic carbocycles. The maximum atomic E-state index is 2.38. The molecule has 0 saturated heterocycles. The minimum absolute atomic E-state index is 0.280. The molecule has 0 spiro atoms. The number of aromatic nitrogens is 1. The van der Waals surface area contributed by atoms with E-state index in [2.05, 4.69) is 164 Å². The molecule has 1 aliphatic heterocycles. The maximum absolute atomic E-state index is 2.38. The summed E-state index contributed by atoms with van der Waals surface area (Å²) in [4.78, 5) is 0. The monoisotopic (exact) mass is 549 g/mol. The Morgan fingerprint density at radius 1 is 0.674 bits per heavy atom. The second-order valence-electron chi connectivity index (χ2n) is 11.9. The summed E-state index contributed by atoms with van der Waals surface area (Å²) in [5.41, 5.74) is 14.4. The van der Waals surface area contributed by atoms with E-state index in [0.29, 0.717) is 0 Å². The van der Waals surface area contributed by atoms with Crippen molar-refractivity contribution < 1.29 is 0 Å². The molecule has 204 valence electrons. The van der Waals surface area contributed by atoms with Crippen LogP contribution in [0.4, 0.5) is 0 Å². The Bertz CT molecular complexity index is 2160. The highest BCUT2D eigenvalue weighted by Gasteiger charge is 2.33. The molecule has 43 heavy (non-hydrogen) atoms. The number of fused-ring (bicyclic) bond motifs is 6. The van der Waals surface area contributed by atoms with Gasteiger partial charge in [0, 0.05) is 16.3 Å². The Labute approximate surface area is 253 Å². The number of aryl methyl sites for hydroxylation is 2. The van der Waals surface area contributed by atoms with E-state index in [1.807, 2.05) is 0 Å². The molecule has 0 radical (unpaired) electrons. The van der Waals surface area contributed by atoms with E-state index >= 15 is 0 Å². The van der Waals surface area contributed by atoms with Crippen molar-refractivity contribution in [2.45, 2.75) is 20.3 Å². The van der Waals surface area contributed by atoms with Crippen molar-refractivity contribution >= 4 is 58.3 Å². The molecule has 1 aromatic heterocycles. The van der Waals surface area contributed by atoms with Gasteiger partial charge in [-0.05, 0) is 66.8 Å². The van der Waals surface area contributed by atoms with E-state index in [1.54, 1.807) is 0 Å². The van der Waals surface area contributed by atoms with E-state index in [0.717, 1.165) is 6.42 Å². The maximum Gasteiger partial charge on any atom is 0.242 e. The summed E-state index contributed by atoms with van der Waals surface area (Å²) in [6, 6.07) is 40.5. The number of hydrogen-bond donors (Lipinski definition) is 0. The number of rotatable bonds is 4. The van der Waals surface area contributed by atoms with Crippen LogP contribution in [0.2, 0.25) is 0 Å². The van der Waals surface area contributed by atoms with Crippen molar-refractivity contribution in [1.82, 2.24) is 4.57 Å². The zero-order chi connectivity index (χ0) is 28.9. The minimum Gasteiger partial charge on any atom is -0.309 e. The van der Waals surface area contributed by atoms with E-state index in [4.69, 9.17) is 0 Å². The topological polar surface area (TPSA) is 4.93 Å². The SMILES string of the molecule is Cc1ccc2c(c1)-c1cc(C)ccc1B2c1ccc(C=Cc2ccc(-n3c4c(c5ccccc53)=CCC=CC=4)cc2)cc1. The fourth-order valence-corrected chi connectivity index (χ4v) is 6.93. The Morgan fingerprint density at radius 2 is 1.30 bits per heavy atom. The molecule has 2 heteroatoms.